The molecule has 3 rings (SSSR count). The van der Waals surface area contributed by atoms with Crippen molar-refractivity contribution >= 4 is 40.6 Å². The lowest BCUT2D eigenvalue weighted by Gasteiger charge is -2.30. The summed E-state index contributed by atoms with van der Waals surface area (Å²) in [6.45, 7) is 3.61. The molecule has 0 aliphatic carbocycles. The molecule has 0 saturated heterocycles. The number of fused-ring (bicyclic) bond motifs is 1. The second-order valence-corrected chi connectivity index (χ2v) is 12.7. The molecule has 2 unspecified atom stereocenters. The number of nitrogens with one attached hydrogen (secondary N) is 3. The van der Waals surface area contributed by atoms with Gasteiger partial charge in [-0.25, -0.2) is 9.69 Å². The number of carbonyl (C=O) groups excluding carboxylic acids is 5. The number of carbonyl (C=O) groups is 5. The van der Waals surface area contributed by atoms with E-state index in [1.165, 1.54) is 19.2 Å². The summed E-state index contributed by atoms with van der Waals surface area (Å²) in [4.78, 5) is 67.4. The Morgan fingerprint density at radius 1 is 0.867 bits per heavy atom. The normalized spacial score (nSPS) is 15.3. The topological polar surface area (TPSA) is 171 Å². The Balaban J connectivity index is 1.79. The summed E-state index contributed by atoms with van der Waals surface area (Å²) in [5.41, 5.74) is 2.79. The molecule has 0 spiro atoms. The van der Waals surface area contributed by atoms with Crippen LogP contribution in [0.5, 0.6) is 0 Å². The van der Waals surface area contributed by atoms with Crippen LogP contribution in [-0.4, -0.2) is 75.8 Å². The Hall–Kier alpha value is -3.94. The largest absolute Gasteiger partial charge is 0.354 e. The van der Waals surface area contributed by atoms with Crippen LogP contribution in [0.15, 0.2) is 54.6 Å². The molecule has 0 aromatic heterocycles. The van der Waals surface area contributed by atoms with E-state index in [0.29, 0.717) is 25.1 Å². The van der Waals surface area contributed by atoms with Crippen molar-refractivity contribution in [3.63, 3.8) is 0 Å². The fraction of sp³-hybridized carbons (Fsp3) is 0.469. The van der Waals surface area contributed by atoms with E-state index >= 15 is 0 Å². The third-order valence-electron chi connectivity index (χ3n) is 7.64. The van der Waals surface area contributed by atoms with Crippen molar-refractivity contribution in [3.05, 3.63) is 71.3 Å². The summed E-state index contributed by atoms with van der Waals surface area (Å²) in [5.74, 6) is -5.22. The van der Waals surface area contributed by atoms with Crippen LogP contribution in [0.2, 0.25) is 0 Å². The quantitative estimate of drug-likeness (QED) is 0.0831. The molecule has 12 nitrogen and oxygen atoms in total. The molecule has 0 bridgehead atoms. The minimum Gasteiger partial charge on any atom is -0.354 e. The zero-order chi connectivity index (χ0) is 32.9. The summed E-state index contributed by atoms with van der Waals surface area (Å²) >= 11 is -1.33. The molecule has 5 amide bonds. The Bertz CT molecular complexity index is 1330. The zero-order valence-corrected chi connectivity index (χ0v) is 26.6. The smallest absolute Gasteiger partial charge is 0.261 e. The van der Waals surface area contributed by atoms with Gasteiger partial charge in [0, 0.05) is 25.3 Å². The van der Waals surface area contributed by atoms with Crippen molar-refractivity contribution in [1.29, 1.82) is 0 Å². The Kier molecular flexibility index (Phi) is 13.8. The van der Waals surface area contributed by atoms with E-state index in [4.69, 9.17) is 4.18 Å². The van der Waals surface area contributed by atoms with Crippen LogP contribution in [-0.2, 0) is 36.1 Å². The summed E-state index contributed by atoms with van der Waals surface area (Å²) in [5, 5.41) is 15.3. The average molecular weight is 643 g/mol. The fourth-order valence-corrected chi connectivity index (χ4v) is 5.92. The highest BCUT2D eigenvalue weighted by Gasteiger charge is 2.42. The second kappa shape index (κ2) is 17.5. The zero-order valence-electron chi connectivity index (χ0n) is 25.8. The molecule has 0 fully saturated rings. The molecular formula is C32H42N4O8S. The number of rotatable bonds is 18. The first-order valence-corrected chi connectivity index (χ1v) is 16.3. The summed E-state index contributed by atoms with van der Waals surface area (Å²) in [7, 11) is 1.38. The van der Waals surface area contributed by atoms with Gasteiger partial charge in [-0.3, -0.25) is 38.3 Å². The maximum Gasteiger partial charge on any atom is 0.261 e. The van der Waals surface area contributed by atoms with Crippen LogP contribution in [0, 0.1) is 17.8 Å². The SMILES string of the molecule is COS(=O)CCCCCNC(=O)[C@H](Cc1ccccc1)NC(=O)[C@H](CC(C)C)C(CN1C(=O)c2ccccc2C1=O)C(=O)NO. The van der Waals surface area contributed by atoms with E-state index in [0.717, 1.165) is 16.9 Å². The van der Waals surface area contributed by atoms with Crippen molar-refractivity contribution in [2.75, 3.05) is 26.0 Å². The number of imide groups is 1. The number of benzene rings is 2. The molecule has 244 valence electrons. The lowest BCUT2D eigenvalue weighted by molar-refractivity contribution is -0.142. The molecule has 0 radical (unpaired) electrons. The van der Waals surface area contributed by atoms with E-state index in [-0.39, 0.29) is 29.9 Å². The summed E-state index contributed by atoms with van der Waals surface area (Å²) in [6, 6.07) is 14.4. The van der Waals surface area contributed by atoms with Crippen molar-refractivity contribution < 1.29 is 37.6 Å². The predicted molar refractivity (Wildman–Crippen MR) is 167 cm³/mol. The van der Waals surface area contributed by atoms with Crippen LogP contribution in [0.25, 0.3) is 0 Å². The summed E-state index contributed by atoms with van der Waals surface area (Å²) < 4.78 is 16.2. The van der Waals surface area contributed by atoms with Gasteiger partial charge in [-0.1, -0.05) is 62.7 Å². The first-order valence-electron chi connectivity index (χ1n) is 15.0. The van der Waals surface area contributed by atoms with E-state index in [2.05, 4.69) is 10.6 Å². The fourth-order valence-electron chi connectivity index (χ4n) is 5.32. The predicted octanol–water partition coefficient (Wildman–Crippen LogP) is 2.39. The summed E-state index contributed by atoms with van der Waals surface area (Å²) in [6.07, 6.45) is 2.37. The van der Waals surface area contributed by atoms with E-state index in [1.54, 1.807) is 17.6 Å². The minimum atomic E-state index is -1.33. The van der Waals surface area contributed by atoms with Crippen LogP contribution in [0.1, 0.15) is 65.8 Å². The van der Waals surface area contributed by atoms with Crippen LogP contribution >= 0.6 is 0 Å². The molecule has 4 N–H and O–H groups in total. The Morgan fingerprint density at radius 2 is 1.49 bits per heavy atom. The van der Waals surface area contributed by atoms with Gasteiger partial charge in [-0.15, -0.1) is 0 Å². The lowest BCUT2D eigenvalue weighted by Crippen LogP contribution is -2.53. The van der Waals surface area contributed by atoms with E-state index in [9.17, 15) is 33.4 Å². The maximum absolute atomic E-state index is 13.9. The highest BCUT2D eigenvalue weighted by Crippen LogP contribution is 2.28. The standard InChI is InChI=1S/C32H42N4O8S/c1-21(2)18-25(26(29(38)35-42)20-36-31(40)23-14-8-9-15-24(23)32(36)41)28(37)34-27(19-22-12-6-4-7-13-22)30(39)33-16-10-5-11-17-45(43)44-3/h4,6-9,12-15,21,25-27,42H,5,10-11,16-20H2,1-3H3,(H,33,39)(H,34,37)(H,35,38)/t25-,26?,27+,45?/m1/s1. The number of hydroxylamine groups is 1. The number of hydrogen-bond donors (Lipinski definition) is 4. The van der Waals surface area contributed by atoms with Gasteiger partial charge in [0.2, 0.25) is 17.7 Å². The minimum absolute atomic E-state index is 0.0919. The van der Waals surface area contributed by atoms with Crippen molar-refractivity contribution in [2.45, 2.75) is 52.0 Å². The third-order valence-corrected chi connectivity index (χ3v) is 8.63. The number of amides is 5. The van der Waals surface area contributed by atoms with Gasteiger partial charge < -0.3 is 10.6 Å². The van der Waals surface area contributed by atoms with Gasteiger partial charge in [0.15, 0.2) is 11.1 Å². The molecule has 2 aromatic carbocycles. The van der Waals surface area contributed by atoms with Gasteiger partial charge in [-0.2, -0.15) is 0 Å². The lowest BCUT2D eigenvalue weighted by atomic mass is 9.83. The highest BCUT2D eigenvalue weighted by atomic mass is 32.2. The molecule has 1 heterocycles. The first kappa shape index (κ1) is 35.5. The molecule has 1 aliphatic heterocycles. The molecule has 0 saturated carbocycles. The molecule has 13 heteroatoms. The highest BCUT2D eigenvalue weighted by molar-refractivity contribution is 7.80. The van der Waals surface area contributed by atoms with Gasteiger partial charge in [-0.05, 0) is 42.9 Å². The molecule has 1 aliphatic rings. The van der Waals surface area contributed by atoms with Crippen LogP contribution in [0.4, 0.5) is 0 Å². The number of unbranched alkanes of at least 4 members (excludes halogenated alkanes) is 2. The molecule has 4 atom stereocenters. The van der Waals surface area contributed by atoms with E-state index < -0.39 is 65.0 Å². The van der Waals surface area contributed by atoms with Crippen LogP contribution < -0.4 is 16.1 Å². The Morgan fingerprint density at radius 3 is 2.07 bits per heavy atom. The van der Waals surface area contributed by atoms with Crippen molar-refractivity contribution in [2.24, 2.45) is 17.8 Å². The van der Waals surface area contributed by atoms with Gasteiger partial charge in [0.25, 0.3) is 11.8 Å². The second-order valence-electron chi connectivity index (χ2n) is 11.4. The molecule has 45 heavy (non-hydrogen) atoms. The van der Waals surface area contributed by atoms with Crippen molar-refractivity contribution in [3.8, 4) is 0 Å². The monoisotopic (exact) mass is 642 g/mol. The third kappa shape index (κ3) is 10.0. The van der Waals surface area contributed by atoms with E-state index in [1.807, 2.05) is 44.2 Å². The Labute approximate surface area is 265 Å². The first-order chi connectivity index (χ1) is 21.6. The van der Waals surface area contributed by atoms with Gasteiger partial charge in [0.1, 0.15) is 6.04 Å². The molecule has 2 aromatic rings. The van der Waals surface area contributed by atoms with Gasteiger partial charge >= 0.3 is 0 Å². The molecular weight excluding hydrogens is 600 g/mol. The van der Waals surface area contributed by atoms with Crippen molar-refractivity contribution in [1.82, 2.24) is 21.0 Å². The number of hydrogen-bond acceptors (Lipinski definition) is 8. The maximum atomic E-state index is 13.9. The average Bonchev–Trinajstić information content (AvgIpc) is 3.28. The van der Waals surface area contributed by atoms with Crippen LogP contribution in [0.3, 0.4) is 0 Å². The number of nitrogens with zero attached hydrogens (tertiary/aromatic N) is 1. The van der Waals surface area contributed by atoms with Gasteiger partial charge in [0.05, 0.1) is 30.1 Å².